The van der Waals surface area contributed by atoms with E-state index < -0.39 is 10.0 Å². The Balaban J connectivity index is 1.50. The van der Waals surface area contributed by atoms with Gasteiger partial charge in [0.15, 0.2) is 0 Å². The zero-order chi connectivity index (χ0) is 23.2. The van der Waals surface area contributed by atoms with E-state index in [1.807, 2.05) is 12.1 Å². The third-order valence-corrected chi connectivity index (χ3v) is 9.40. The lowest BCUT2D eigenvalue weighted by Crippen LogP contribution is -2.33. The molecule has 0 bridgehead atoms. The van der Waals surface area contributed by atoms with Crippen molar-refractivity contribution in [1.82, 2.24) is 23.7 Å². The fourth-order valence-electron chi connectivity index (χ4n) is 4.68. The highest BCUT2D eigenvalue weighted by Crippen LogP contribution is 2.36. The molecule has 0 saturated carbocycles. The largest absolute Gasteiger partial charge is 0.327 e. The topological polar surface area (TPSA) is 71.3 Å². The van der Waals surface area contributed by atoms with Crippen molar-refractivity contribution >= 4 is 42.6 Å². The normalized spacial score (nSPS) is 18.0. The second-order valence-corrected chi connectivity index (χ2v) is 11.9. The van der Waals surface area contributed by atoms with E-state index in [2.05, 4.69) is 34.6 Å². The van der Waals surface area contributed by atoms with Gasteiger partial charge in [-0.05, 0) is 56.6 Å². The molecule has 0 amide bonds. The second kappa shape index (κ2) is 8.79. The van der Waals surface area contributed by atoms with Gasteiger partial charge in [-0.3, -0.25) is 4.90 Å². The van der Waals surface area contributed by atoms with E-state index >= 15 is 0 Å². The van der Waals surface area contributed by atoms with Gasteiger partial charge in [-0.2, -0.15) is 0 Å². The monoisotopic (exact) mass is 483 g/mol. The van der Waals surface area contributed by atoms with Crippen molar-refractivity contribution in [2.24, 2.45) is 0 Å². The van der Waals surface area contributed by atoms with Gasteiger partial charge in [0.05, 0.1) is 38.7 Å². The van der Waals surface area contributed by atoms with Crippen LogP contribution in [0, 0.1) is 0 Å². The Morgan fingerprint density at radius 2 is 1.91 bits per heavy atom. The lowest BCUT2D eigenvalue weighted by molar-refractivity contribution is 0.135. The average Bonchev–Trinajstić information content (AvgIpc) is 3.39. The third-order valence-electron chi connectivity index (χ3n) is 6.45. The maximum atomic E-state index is 12.6. The van der Waals surface area contributed by atoms with Crippen LogP contribution in [-0.4, -0.2) is 52.8 Å². The third kappa shape index (κ3) is 4.07. The molecule has 7 nitrogen and oxygen atoms in total. The highest BCUT2D eigenvalue weighted by Gasteiger charge is 2.28. The van der Waals surface area contributed by atoms with Crippen LogP contribution in [0.1, 0.15) is 43.1 Å². The number of benzene rings is 2. The van der Waals surface area contributed by atoms with Crippen LogP contribution in [0.3, 0.4) is 0 Å². The molecule has 174 valence electrons. The van der Waals surface area contributed by atoms with E-state index in [4.69, 9.17) is 9.97 Å². The molecule has 1 atom stereocenters. The molecule has 0 N–H and O–H groups in total. The molecule has 0 spiro atoms. The molecule has 5 rings (SSSR count). The number of sulfonamides is 1. The van der Waals surface area contributed by atoms with E-state index in [1.165, 1.54) is 26.9 Å². The summed E-state index contributed by atoms with van der Waals surface area (Å²) in [5.41, 5.74) is 2.76. The lowest BCUT2D eigenvalue weighted by atomic mass is 10.0. The molecule has 3 heterocycles. The van der Waals surface area contributed by atoms with E-state index in [0.29, 0.717) is 0 Å². The fourth-order valence-corrected chi connectivity index (χ4v) is 6.74. The smallest absolute Gasteiger partial charge is 0.242 e. The van der Waals surface area contributed by atoms with Crippen LogP contribution in [0.15, 0.2) is 47.4 Å². The van der Waals surface area contributed by atoms with Crippen LogP contribution in [0.4, 0.5) is 0 Å². The number of nitrogens with zero attached hydrogens (tertiary/aromatic N) is 5. The van der Waals surface area contributed by atoms with E-state index in [9.17, 15) is 8.42 Å². The van der Waals surface area contributed by atoms with E-state index in [1.54, 1.807) is 37.6 Å². The number of para-hydroxylation sites is 1. The van der Waals surface area contributed by atoms with Gasteiger partial charge in [-0.15, -0.1) is 11.3 Å². The molecule has 1 fully saturated rings. The molecule has 9 heteroatoms. The first kappa shape index (κ1) is 22.5. The quantitative estimate of drug-likeness (QED) is 0.399. The second-order valence-electron chi connectivity index (χ2n) is 8.71. The van der Waals surface area contributed by atoms with Crippen molar-refractivity contribution in [1.29, 1.82) is 0 Å². The molecule has 4 aromatic rings. The first-order valence-corrected chi connectivity index (χ1v) is 13.7. The highest BCUT2D eigenvalue weighted by molar-refractivity contribution is 7.89. The summed E-state index contributed by atoms with van der Waals surface area (Å²) >= 11 is 1.79. The molecule has 0 unspecified atom stereocenters. The summed E-state index contributed by atoms with van der Waals surface area (Å²) in [5, 5.41) is 1.18. The summed E-state index contributed by atoms with van der Waals surface area (Å²) in [6.07, 6.45) is 3.46. The van der Waals surface area contributed by atoms with Gasteiger partial charge in [-0.25, -0.2) is 22.7 Å². The fraction of sp³-hybridized carbons (Fsp3) is 0.417. The molecule has 0 radical (unpaired) electrons. The Hall–Kier alpha value is -2.33. The Morgan fingerprint density at radius 1 is 1.09 bits per heavy atom. The molecular weight excluding hydrogens is 454 g/mol. The summed E-state index contributed by atoms with van der Waals surface area (Å²) < 4.78 is 29.9. The molecule has 33 heavy (non-hydrogen) atoms. The van der Waals surface area contributed by atoms with E-state index in [-0.39, 0.29) is 10.9 Å². The van der Waals surface area contributed by atoms with Gasteiger partial charge >= 0.3 is 0 Å². The summed E-state index contributed by atoms with van der Waals surface area (Å²) in [7, 11) is -0.397. The van der Waals surface area contributed by atoms with Crippen LogP contribution < -0.4 is 0 Å². The minimum Gasteiger partial charge on any atom is -0.327 e. The predicted molar refractivity (Wildman–Crippen MR) is 133 cm³/mol. The number of piperidine rings is 1. The Kier molecular flexibility index (Phi) is 5.98. The summed E-state index contributed by atoms with van der Waals surface area (Å²) in [6, 6.07) is 13.9. The number of imidazole rings is 1. The zero-order valence-electron chi connectivity index (χ0n) is 19.2. The molecule has 2 aromatic carbocycles. The number of likely N-dealkylation sites (tertiary alicyclic amines) is 1. The van der Waals surface area contributed by atoms with Gasteiger partial charge in [0.2, 0.25) is 10.0 Å². The maximum Gasteiger partial charge on any atom is 0.242 e. The molecule has 1 saturated heterocycles. The number of aryl methyl sites for hydroxylation is 1. The van der Waals surface area contributed by atoms with Crippen molar-refractivity contribution in [2.45, 2.75) is 50.2 Å². The molecular formula is C24H29N5O2S2. The van der Waals surface area contributed by atoms with Crippen LogP contribution in [0.25, 0.3) is 21.3 Å². The number of fused-ring (bicyclic) bond motifs is 2. The van der Waals surface area contributed by atoms with Gasteiger partial charge in [0.1, 0.15) is 10.8 Å². The maximum absolute atomic E-state index is 12.6. The number of hydrogen-bond donors (Lipinski definition) is 0. The molecule has 1 aliphatic heterocycles. The van der Waals surface area contributed by atoms with Crippen molar-refractivity contribution in [3.8, 4) is 0 Å². The molecule has 1 aliphatic rings. The molecule has 0 aliphatic carbocycles. The summed E-state index contributed by atoms with van der Waals surface area (Å²) in [5.74, 6) is 0.972. The standard InChI is InChI=1S/C24H29N5O2S2/c1-4-29-20-13-12-17(33(30,31)27(2)3)15-19(20)25-23(29)16-28-14-8-7-10-21(28)24-26-18-9-5-6-11-22(18)32-24/h5-6,9,11-13,15,21H,4,7-8,10,14,16H2,1-3H3/t21-/m0/s1. The summed E-state index contributed by atoms with van der Waals surface area (Å²) in [6.45, 7) is 4.62. The van der Waals surface area contributed by atoms with Gasteiger partial charge < -0.3 is 4.57 Å². The van der Waals surface area contributed by atoms with E-state index in [0.717, 1.165) is 48.4 Å². The number of thiazole rings is 1. The number of rotatable bonds is 6. The first-order valence-electron chi connectivity index (χ1n) is 11.4. The van der Waals surface area contributed by atoms with Crippen molar-refractivity contribution in [3.05, 3.63) is 53.3 Å². The Morgan fingerprint density at radius 3 is 2.67 bits per heavy atom. The van der Waals surface area contributed by atoms with Crippen LogP contribution in [0.5, 0.6) is 0 Å². The zero-order valence-corrected chi connectivity index (χ0v) is 20.9. The summed E-state index contributed by atoms with van der Waals surface area (Å²) in [4.78, 5) is 12.6. The predicted octanol–water partition coefficient (Wildman–Crippen LogP) is 4.64. The minimum absolute atomic E-state index is 0.276. The highest BCUT2D eigenvalue weighted by atomic mass is 32.2. The van der Waals surface area contributed by atoms with Crippen LogP contribution in [0.2, 0.25) is 0 Å². The number of aromatic nitrogens is 3. The van der Waals surface area contributed by atoms with Crippen LogP contribution >= 0.6 is 11.3 Å². The van der Waals surface area contributed by atoms with Gasteiger partial charge in [0.25, 0.3) is 0 Å². The average molecular weight is 484 g/mol. The van der Waals surface area contributed by atoms with Gasteiger partial charge in [-0.1, -0.05) is 18.6 Å². The van der Waals surface area contributed by atoms with Crippen molar-refractivity contribution in [3.63, 3.8) is 0 Å². The van der Waals surface area contributed by atoms with Crippen molar-refractivity contribution in [2.75, 3.05) is 20.6 Å². The van der Waals surface area contributed by atoms with Crippen LogP contribution in [-0.2, 0) is 23.1 Å². The lowest BCUT2D eigenvalue weighted by Gasteiger charge is -2.34. The SMILES string of the molecule is CCn1c(CN2CCCC[C@H]2c2nc3ccccc3s2)nc2cc(S(=O)(=O)N(C)C)ccc21. The first-order chi connectivity index (χ1) is 15.9. The Bertz CT molecular complexity index is 1370. The number of hydrogen-bond acceptors (Lipinski definition) is 6. The molecule has 2 aromatic heterocycles. The van der Waals surface area contributed by atoms with Crippen molar-refractivity contribution < 1.29 is 8.42 Å². The minimum atomic E-state index is -3.50. The Labute approximate surface area is 198 Å². The van der Waals surface area contributed by atoms with Gasteiger partial charge in [0, 0.05) is 20.6 Å².